The van der Waals surface area contributed by atoms with Crippen LogP contribution in [-0.4, -0.2) is 30.4 Å². The minimum atomic E-state index is -0.292. The van der Waals surface area contributed by atoms with E-state index in [0.717, 1.165) is 19.4 Å². The van der Waals surface area contributed by atoms with Gasteiger partial charge in [-0.15, -0.1) is 0 Å². The number of halogens is 1. The van der Waals surface area contributed by atoms with Crippen molar-refractivity contribution in [3.63, 3.8) is 0 Å². The van der Waals surface area contributed by atoms with Crippen LogP contribution in [-0.2, 0) is 0 Å². The van der Waals surface area contributed by atoms with Gasteiger partial charge in [-0.25, -0.2) is 4.39 Å². The van der Waals surface area contributed by atoms with Crippen LogP contribution in [0.1, 0.15) is 32.3 Å². The van der Waals surface area contributed by atoms with Crippen LogP contribution in [0, 0.1) is 12.7 Å². The first-order valence-corrected chi connectivity index (χ1v) is 6.76. The van der Waals surface area contributed by atoms with Gasteiger partial charge in [-0.1, -0.05) is 19.1 Å². The second-order valence-electron chi connectivity index (χ2n) is 5.09. The lowest BCUT2D eigenvalue weighted by atomic mass is 9.97. The summed E-state index contributed by atoms with van der Waals surface area (Å²) in [5, 5.41) is 12.6. The summed E-state index contributed by atoms with van der Waals surface area (Å²) in [6.45, 7) is 7.04. The first-order valence-electron chi connectivity index (χ1n) is 6.76. The van der Waals surface area contributed by atoms with Crippen LogP contribution < -0.4 is 10.1 Å². The second-order valence-corrected chi connectivity index (χ2v) is 5.09. The van der Waals surface area contributed by atoms with Gasteiger partial charge in [0.2, 0.25) is 0 Å². The Labute approximate surface area is 114 Å². The summed E-state index contributed by atoms with van der Waals surface area (Å²) < 4.78 is 19.1. The molecule has 19 heavy (non-hydrogen) atoms. The van der Waals surface area contributed by atoms with Crippen molar-refractivity contribution in [1.29, 1.82) is 0 Å². The molecule has 0 aliphatic heterocycles. The SMILES string of the molecule is CCNC(C)(CO)CCCOc1cccc(C)c1F. The molecule has 2 N–H and O–H groups in total. The van der Waals surface area contributed by atoms with Gasteiger partial charge in [0.1, 0.15) is 0 Å². The molecule has 0 heterocycles. The fraction of sp³-hybridized carbons (Fsp3) is 0.600. The summed E-state index contributed by atoms with van der Waals surface area (Å²) in [6.07, 6.45) is 1.54. The number of ether oxygens (including phenoxy) is 1. The molecular formula is C15H24FNO2. The average molecular weight is 269 g/mol. The standard InChI is InChI=1S/C15H24FNO2/c1-4-17-15(3,11-18)9-6-10-19-13-8-5-7-12(2)14(13)16/h5,7-8,17-18H,4,6,9-11H2,1-3H3. The Balaban J connectivity index is 2.40. The molecule has 4 heteroatoms. The number of hydrogen-bond donors (Lipinski definition) is 2. The molecule has 0 fully saturated rings. The zero-order valence-corrected chi connectivity index (χ0v) is 12.0. The van der Waals surface area contributed by atoms with Gasteiger partial charge in [-0.2, -0.15) is 0 Å². The predicted molar refractivity (Wildman–Crippen MR) is 75.0 cm³/mol. The van der Waals surface area contributed by atoms with Crippen LogP contribution in [0.5, 0.6) is 5.75 Å². The predicted octanol–water partition coefficient (Wildman–Crippen LogP) is 2.65. The van der Waals surface area contributed by atoms with Gasteiger partial charge in [0, 0.05) is 5.54 Å². The molecule has 0 spiro atoms. The molecule has 0 saturated carbocycles. The number of aliphatic hydroxyl groups excluding tert-OH is 1. The summed E-state index contributed by atoms with van der Waals surface area (Å²) in [5.41, 5.74) is 0.300. The molecular weight excluding hydrogens is 245 g/mol. The Morgan fingerprint density at radius 1 is 1.42 bits per heavy atom. The zero-order chi connectivity index (χ0) is 14.3. The number of hydrogen-bond acceptors (Lipinski definition) is 3. The summed E-state index contributed by atoms with van der Waals surface area (Å²) >= 11 is 0. The van der Waals surface area contributed by atoms with Crippen LogP contribution in [0.15, 0.2) is 18.2 Å². The molecule has 0 amide bonds. The van der Waals surface area contributed by atoms with Crippen molar-refractivity contribution in [1.82, 2.24) is 5.32 Å². The monoisotopic (exact) mass is 269 g/mol. The molecule has 0 aliphatic carbocycles. The highest BCUT2D eigenvalue weighted by Crippen LogP contribution is 2.20. The van der Waals surface area contributed by atoms with Crippen molar-refractivity contribution in [3.05, 3.63) is 29.6 Å². The Hall–Kier alpha value is -1.13. The lowest BCUT2D eigenvalue weighted by molar-refractivity contribution is 0.157. The van der Waals surface area contributed by atoms with Gasteiger partial charge in [0.15, 0.2) is 11.6 Å². The summed E-state index contributed by atoms with van der Waals surface area (Å²) in [5.74, 6) is 0.00764. The van der Waals surface area contributed by atoms with Crippen molar-refractivity contribution in [2.45, 2.75) is 39.2 Å². The highest BCUT2D eigenvalue weighted by molar-refractivity contribution is 5.29. The van der Waals surface area contributed by atoms with E-state index in [4.69, 9.17) is 4.74 Å². The number of nitrogens with one attached hydrogen (secondary N) is 1. The normalized spacial score (nSPS) is 14.2. The maximum absolute atomic E-state index is 13.7. The van der Waals surface area contributed by atoms with E-state index in [1.165, 1.54) is 0 Å². The molecule has 1 rings (SSSR count). The maximum Gasteiger partial charge on any atom is 0.167 e. The Kier molecular flexibility index (Phi) is 6.25. The quantitative estimate of drug-likeness (QED) is 0.713. The Bertz CT molecular complexity index is 398. The molecule has 1 unspecified atom stereocenters. The average Bonchev–Trinajstić information content (AvgIpc) is 2.40. The highest BCUT2D eigenvalue weighted by atomic mass is 19.1. The van der Waals surface area contributed by atoms with E-state index in [2.05, 4.69) is 5.32 Å². The van der Waals surface area contributed by atoms with Gasteiger partial charge in [0.25, 0.3) is 0 Å². The molecule has 0 aliphatic rings. The van der Waals surface area contributed by atoms with Gasteiger partial charge in [-0.05, 0) is 44.9 Å². The van der Waals surface area contributed by atoms with Crippen LogP contribution >= 0.6 is 0 Å². The summed E-state index contributed by atoms with van der Waals surface area (Å²) in [7, 11) is 0. The summed E-state index contributed by atoms with van der Waals surface area (Å²) in [6, 6.07) is 5.14. The lowest BCUT2D eigenvalue weighted by Crippen LogP contribution is -2.45. The van der Waals surface area contributed by atoms with Crippen molar-refractivity contribution in [2.75, 3.05) is 19.8 Å². The molecule has 108 valence electrons. The van der Waals surface area contributed by atoms with E-state index in [9.17, 15) is 9.50 Å². The van der Waals surface area contributed by atoms with E-state index in [1.807, 2.05) is 13.8 Å². The molecule has 1 aromatic carbocycles. The number of benzene rings is 1. The zero-order valence-electron chi connectivity index (χ0n) is 12.0. The van der Waals surface area contributed by atoms with Crippen molar-refractivity contribution in [2.24, 2.45) is 0 Å². The van der Waals surface area contributed by atoms with E-state index in [1.54, 1.807) is 25.1 Å². The lowest BCUT2D eigenvalue weighted by Gasteiger charge is -2.28. The van der Waals surface area contributed by atoms with Crippen LogP contribution in [0.25, 0.3) is 0 Å². The molecule has 3 nitrogen and oxygen atoms in total. The van der Waals surface area contributed by atoms with Crippen LogP contribution in [0.4, 0.5) is 4.39 Å². The minimum absolute atomic E-state index is 0.0830. The number of aryl methyl sites for hydroxylation is 1. The fourth-order valence-electron chi connectivity index (χ4n) is 2.03. The number of aliphatic hydroxyl groups is 1. The number of likely N-dealkylation sites (N-methyl/N-ethyl adjacent to an activating group) is 1. The van der Waals surface area contributed by atoms with Crippen LogP contribution in [0.3, 0.4) is 0 Å². The van der Waals surface area contributed by atoms with Crippen molar-refractivity contribution < 1.29 is 14.2 Å². The van der Waals surface area contributed by atoms with E-state index < -0.39 is 0 Å². The largest absolute Gasteiger partial charge is 0.491 e. The molecule has 0 saturated heterocycles. The van der Waals surface area contributed by atoms with Crippen molar-refractivity contribution >= 4 is 0 Å². The Morgan fingerprint density at radius 3 is 2.79 bits per heavy atom. The third-order valence-corrected chi connectivity index (χ3v) is 3.24. The van der Waals surface area contributed by atoms with E-state index in [-0.39, 0.29) is 18.0 Å². The third kappa shape index (κ3) is 4.80. The third-order valence-electron chi connectivity index (χ3n) is 3.24. The fourth-order valence-corrected chi connectivity index (χ4v) is 2.03. The van der Waals surface area contributed by atoms with E-state index >= 15 is 0 Å². The smallest absolute Gasteiger partial charge is 0.167 e. The van der Waals surface area contributed by atoms with Crippen molar-refractivity contribution in [3.8, 4) is 5.75 Å². The minimum Gasteiger partial charge on any atom is -0.491 e. The van der Waals surface area contributed by atoms with Gasteiger partial charge < -0.3 is 15.2 Å². The van der Waals surface area contributed by atoms with E-state index in [0.29, 0.717) is 17.9 Å². The Morgan fingerprint density at radius 2 is 2.16 bits per heavy atom. The van der Waals surface area contributed by atoms with Crippen LogP contribution in [0.2, 0.25) is 0 Å². The van der Waals surface area contributed by atoms with Gasteiger partial charge in [-0.3, -0.25) is 0 Å². The molecule has 0 bridgehead atoms. The molecule has 0 aromatic heterocycles. The molecule has 1 aromatic rings. The molecule has 0 radical (unpaired) electrons. The number of rotatable bonds is 8. The van der Waals surface area contributed by atoms with Gasteiger partial charge in [0.05, 0.1) is 13.2 Å². The van der Waals surface area contributed by atoms with Gasteiger partial charge >= 0.3 is 0 Å². The second kappa shape index (κ2) is 7.46. The first-order chi connectivity index (χ1) is 9.02. The highest BCUT2D eigenvalue weighted by Gasteiger charge is 2.21. The molecule has 1 atom stereocenters. The first kappa shape index (κ1) is 15.9. The topological polar surface area (TPSA) is 41.5 Å². The summed E-state index contributed by atoms with van der Waals surface area (Å²) in [4.78, 5) is 0. The maximum atomic E-state index is 13.7.